The molecular formula is C30H25N3O3S. The first kappa shape index (κ1) is 25.5. The molecule has 4 N–H and O–H groups in total. The van der Waals surface area contributed by atoms with E-state index in [-0.39, 0.29) is 11.4 Å². The second kappa shape index (κ2) is 12.4. The van der Waals surface area contributed by atoms with Gasteiger partial charge in [-0.05, 0) is 53.1 Å². The summed E-state index contributed by atoms with van der Waals surface area (Å²) in [5.74, 6) is -1.16. The van der Waals surface area contributed by atoms with Crippen LogP contribution in [0, 0.1) is 0 Å². The van der Waals surface area contributed by atoms with E-state index >= 15 is 0 Å². The Balaban J connectivity index is 1.58. The zero-order valence-electron chi connectivity index (χ0n) is 19.9. The Morgan fingerprint density at radius 1 is 0.757 bits per heavy atom. The second-order valence-corrected chi connectivity index (χ2v) is 9.15. The monoisotopic (exact) mass is 507 g/mol. The number of nitrogens with two attached hydrogens (primary N) is 1. The van der Waals surface area contributed by atoms with Gasteiger partial charge in [-0.3, -0.25) is 14.4 Å². The van der Waals surface area contributed by atoms with Gasteiger partial charge in [0.25, 0.3) is 11.8 Å². The normalized spacial score (nSPS) is 11.0. The number of primary amides is 1. The molecule has 0 saturated heterocycles. The van der Waals surface area contributed by atoms with E-state index in [4.69, 9.17) is 5.73 Å². The molecule has 0 aliphatic rings. The third kappa shape index (κ3) is 7.43. The minimum atomic E-state index is -0.478. The number of carbonyl (C=O) groups excluding carboxylic acids is 3. The predicted octanol–water partition coefficient (Wildman–Crippen LogP) is 5.34. The molecule has 4 aromatic rings. The van der Waals surface area contributed by atoms with Crippen LogP contribution in [0.15, 0.2) is 120 Å². The standard InChI is InChI=1S/C30H25N3O3S/c31-28(34)20-37-26-13-7-12-25(19-26)32-30(36)27(33-29(35)24-10-5-2-6-11-24)18-21-14-16-23(17-15-21)22-8-3-1-4-9-22/h1-19H,20H2,(H2,31,34)(H,32,36)(H,33,35)/b27-18+. The van der Waals surface area contributed by atoms with Crippen LogP contribution >= 0.6 is 11.8 Å². The van der Waals surface area contributed by atoms with Gasteiger partial charge in [0.05, 0.1) is 5.75 Å². The molecule has 0 spiro atoms. The summed E-state index contributed by atoms with van der Waals surface area (Å²) < 4.78 is 0. The zero-order valence-corrected chi connectivity index (χ0v) is 20.7. The van der Waals surface area contributed by atoms with Gasteiger partial charge in [-0.15, -0.1) is 11.8 Å². The summed E-state index contributed by atoms with van der Waals surface area (Å²) in [6.07, 6.45) is 1.64. The van der Waals surface area contributed by atoms with E-state index in [1.807, 2.05) is 66.7 Å². The van der Waals surface area contributed by atoms with Gasteiger partial charge in [0.1, 0.15) is 5.70 Å². The SMILES string of the molecule is NC(=O)CSc1cccc(NC(=O)/C(=C\c2ccc(-c3ccccc3)cc2)NC(=O)c2ccccc2)c1. The van der Waals surface area contributed by atoms with Crippen molar-refractivity contribution >= 4 is 41.2 Å². The van der Waals surface area contributed by atoms with E-state index in [9.17, 15) is 14.4 Å². The number of thioether (sulfide) groups is 1. The molecule has 0 bridgehead atoms. The Bertz CT molecular complexity index is 1420. The minimum Gasteiger partial charge on any atom is -0.369 e. The van der Waals surface area contributed by atoms with Crippen molar-refractivity contribution < 1.29 is 14.4 Å². The van der Waals surface area contributed by atoms with E-state index in [1.54, 1.807) is 48.5 Å². The van der Waals surface area contributed by atoms with Gasteiger partial charge in [0.15, 0.2) is 0 Å². The maximum absolute atomic E-state index is 13.3. The van der Waals surface area contributed by atoms with E-state index < -0.39 is 17.7 Å². The highest BCUT2D eigenvalue weighted by Gasteiger charge is 2.15. The number of rotatable bonds is 9. The molecule has 0 saturated carbocycles. The van der Waals surface area contributed by atoms with Crippen LogP contribution < -0.4 is 16.4 Å². The Kier molecular flexibility index (Phi) is 8.52. The largest absolute Gasteiger partial charge is 0.369 e. The fraction of sp³-hybridized carbons (Fsp3) is 0.0333. The first-order chi connectivity index (χ1) is 18.0. The number of nitrogens with one attached hydrogen (secondary N) is 2. The van der Waals surface area contributed by atoms with E-state index in [2.05, 4.69) is 10.6 Å². The van der Waals surface area contributed by atoms with Gasteiger partial charge in [0, 0.05) is 16.1 Å². The Hall–Kier alpha value is -4.62. The average Bonchev–Trinajstić information content (AvgIpc) is 2.93. The lowest BCUT2D eigenvalue weighted by molar-refractivity contribution is -0.115. The highest BCUT2D eigenvalue weighted by Crippen LogP contribution is 2.23. The van der Waals surface area contributed by atoms with E-state index in [0.717, 1.165) is 21.6 Å². The van der Waals surface area contributed by atoms with E-state index in [1.165, 1.54) is 11.8 Å². The van der Waals surface area contributed by atoms with Crippen molar-refractivity contribution in [2.45, 2.75) is 4.90 Å². The first-order valence-corrected chi connectivity index (χ1v) is 12.5. The molecular weight excluding hydrogens is 482 g/mol. The number of carbonyl (C=O) groups is 3. The molecule has 0 atom stereocenters. The maximum Gasteiger partial charge on any atom is 0.272 e. The lowest BCUT2D eigenvalue weighted by Gasteiger charge is -2.12. The van der Waals surface area contributed by atoms with Crippen LogP contribution in [0.2, 0.25) is 0 Å². The molecule has 4 rings (SSSR count). The number of amides is 3. The molecule has 0 aliphatic heterocycles. The van der Waals surface area contributed by atoms with Crippen LogP contribution in [0.5, 0.6) is 0 Å². The molecule has 0 heterocycles. The molecule has 3 amide bonds. The number of hydrogen-bond donors (Lipinski definition) is 3. The molecule has 4 aromatic carbocycles. The molecule has 37 heavy (non-hydrogen) atoms. The van der Waals surface area contributed by atoms with Gasteiger partial charge in [0.2, 0.25) is 5.91 Å². The number of benzene rings is 4. The minimum absolute atomic E-state index is 0.0940. The van der Waals surface area contributed by atoms with Crippen LogP contribution in [0.4, 0.5) is 5.69 Å². The summed E-state index contributed by atoms with van der Waals surface area (Å²) in [5.41, 5.74) is 9.17. The number of hydrogen-bond acceptors (Lipinski definition) is 4. The van der Waals surface area contributed by atoms with Crippen molar-refractivity contribution in [3.8, 4) is 11.1 Å². The van der Waals surface area contributed by atoms with Crippen LogP contribution in [-0.2, 0) is 9.59 Å². The topological polar surface area (TPSA) is 101 Å². The average molecular weight is 508 g/mol. The van der Waals surface area contributed by atoms with Crippen molar-refractivity contribution in [2.24, 2.45) is 5.73 Å². The lowest BCUT2D eigenvalue weighted by atomic mass is 10.0. The summed E-state index contributed by atoms with van der Waals surface area (Å²) in [5, 5.41) is 5.58. The first-order valence-electron chi connectivity index (χ1n) is 11.5. The lowest BCUT2D eigenvalue weighted by Crippen LogP contribution is -2.30. The molecule has 0 radical (unpaired) electrons. The molecule has 6 nitrogen and oxygen atoms in total. The molecule has 7 heteroatoms. The van der Waals surface area contributed by atoms with Crippen LogP contribution in [0.25, 0.3) is 17.2 Å². The number of anilines is 1. The van der Waals surface area contributed by atoms with Gasteiger partial charge < -0.3 is 16.4 Å². The van der Waals surface area contributed by atoms with Gasteiger partial charge in [-0.2, -0.15) is 0 Å². The zero-order chi connectivity index (χ0) is 26.0. The predicted molar refractivity (Wildman–Crippen MR) is 149 cm³/mol. The summed E-state index contributed by atoms with van der Waals surface area (Å²) in [4.78, 5) is 38.0. The highest BCUT2D eigenvalue weighted by atomic mass is 32.2. The van der Waals surface area contributed by atoms with Crippen LogP contribution in [0.1, 0.15) is 15.9 Å². The molecule has 0 aliphatic carbocycles. The van der Waals surface area contributed by atoms with Crippen LogP contribution in [-0.4, -0.2) is 23.5 Å². The summed E-state index contributed by atoms with van der Waals surface area (Å²) in [6, 6.07) is 33.5. The smallest absolute Gasteiger partial charge is 0.272 e. The molecule has 0 fully saturated rings. The van der Waals surface area contributed by atoms with Crippen molar-refractivity contribution in [1.82, 2.24) is 5.32 Å². The van der Waals surface area contributed by atoms with Crippen molar-refractivity contribution in [1.29, 1.82) is 0 Å². The molecule has 0 unspecified atom stereocenters. The molecule has 184 valence electrons. The second-order valence-electron chi connectivity index (χ2n) is 8.10. The van der Waals surface area contributed by atoms with E-state index in [0.29, 0.717) is 11.3 Å². The Labute approximate surface area is 219 Å². The summed E-state index contributed by atoms with van der Waals surface area (Å²) in [7, 11) is 0. The third-order valence-corrected chi connectivity index (χ3v) is 6.35. The van der Waals surface area contributed by atoms with Crippen molar-refractivity contribution in [3.63, 3.8) is 0 Å². The summed E-state index contributed by atoms with van der Waals surface area (Å²) >= 11 is 1.28. The van der Waals surface area contributed by atoms with Crippen LogP contribution in [0.3, 0.4) is 0 Å². The summed E-state index contributed by atoms with van der Waals surface area (Å²) in [6.45, 7) is 0. The Morgan fingerprint density at radius 2 is 1.41 bits per heavy atom. The van der Waals surface area contributed by atoms with Gasteiger partial charge >= 0.3 is 0 Å². The maximum atomic E-state index is 13.3. The van der Waals surface area contributed by atoms with Crippen molar-refractivity contribution in [3.05, 3.63) is 126 Å². The Morgan fingerprint density at radius 3 is 2.08 bits per heavy atom. The van der Waals surface area contributed by atoms with Crippen molar-refractivity contribution in [2.75, 3.05) is 11.1 Å². The third-order valence-electron chi connectivity index (χ3n) is 5.33. The van der Waals surface area contributed by atoms with Gasteiger partial charge in [-0.25, -0.2) is 0 Å². The fourth-order valence-corrected chi connectivity index (χ4v) is 4.22. The van der Waals surface area contributed by atoms with Gasteiger partial charge in [-0.1, -0.05) is 78.9 Å². The highest BCUT2D eigenvalue weighted by molar-refractivity contribution is 8.00. The fourth-order valence-electron chi connectivity index (χ4n) is 3.53. The quantitative estimate of drug-likeness (QED) is 0.210. The molecule has 0 aromatic heterocycles.